The number of alkyl halides is 3. The van der Waals surface area contributed by atoms with Gasteiger partial charge in [0.2, 0.25) is 5.91 Å². The highest BCUT2D eigenvalue weighted by atomic mass is 19.4. The predicted octanol–water partition coefficient (Wildman–Crippen LogP) is 4.15. The fraction of sp³-hybridized carbons (Fsp3) is 0.533. The van der Waals surface area contributed by atoms with Crippen molar-refractivity contribution in [2.75, 3.05) is 13.1 Å². The summed E-state index contributed by atoms with van der Waals surface area (Å²) in [5.74, 6) is -4.70. The molecule has 0 bridgehead atoms. The van der Waals surface area contributed by atoms with E-state index in [-0.39, 0.29) is 37.8 Å². The molecule has 1 heterocycles. The lowest BCUT2D eigenvalue weighted by atomic mass is 9.88. The van der Waals surface area contributed by atoms with Crippen LogP contribution in [0.5, 0.6) is 0 Å². The van der Waals surface area contributed by atoms with Crippen molar-refractivity contribution in [3.05, 3.63) is 35.1 Å². The largest absolute Gasteiger partial charge is 0.406 e. The molecule has 2 nitrogen and oxygen atoms in total. The van der Waals surface area contributed by atoms with Crippen LogP contribution in [0.3, 0.4) is 0 Å². The zero-order valence-corrected chi connectivity index (χ0v) is 12.1. The summed E-state index contributed by atoms with van der Waals surface area (Å²) >= 11 is 0. The number of carbonyl (C=O) groups excluding carboxylic acids is 1. The van der Waals surface area contributed by atoms with E-state index in [4.69, 9.17) is 0 Å². The van der Waals surface area contributed by atoms with Gasteiger partial charge in [0.05, 0.1) is 0 Å². The van der Waals surface area contributed by atoms with Gasteiger partial charge in [-0.1, -0.05) is 0 Å². The molecule has 1 aliphatic rings. The summed E-state index contributed by atoms with van der Waals surface area (Å²) < 4.78 is 77.6. The first-order valence-electron chi connectivity index (χ1n) is 7.16. The quantitative estimate of drug-likeness (QED) is 0.585. The van der Waals surface area contributed by atoms with Crippen LogP contribution in [-0.4, -0.2) is 30.1 Å². The zero-order valence-electron chi connectivity index (χ0n) is 12.1. The topological polar surface area (TPSA) is 20.3 Å². The number of carbonyl (C=O) groups is 1. The van der Waals surface area contributed by atoms with E-state index in [1.165, 1.54) is 0 Å². The Hall–Kier alpha value is -1.73. The molecule has 0 spiro atoms. The predicted molar refractivity (Wildman–Crippen MR) is 70.2 cm³/mol. The second-order valence-corrected chi connectivity index (χ2v) is 5.60. The number of hydrogen-bond acceptors (Lipinski definition) is 1. The first-order valence-corrected chi connectivity index (χ1v) is 7.16. The van der Waals surface area contributed by atoms with Gasteiger partial charge < -0.3 is 4.90 Å². The highest BCUT2D eigenvalue weighted by Crippen LogP contribution is 2.32. The Balaban J connectivity index is 2.12. The van der Waals surface area contributed by atoms with E-state index >= 15 is 0 Å². The van der Waals surface area contributed by atoms with Crippen molar-refractivity contribution in [2.24, 2.45) is 0 Å². The molecule has 0 N–H and O–H groups in total. The Labute approximate surface area is 129 Å². The van der Waals surface area contributed by atoms with Crippen molar-refractivity contribution < 1.29 is 31.1 Å². The van der Waals surface area contributed by atoms with Gasteiger partial charge in [-0.2, -0.15) is 13.2 Å². The first-order chi connectivity index (χ1) is 10.7. The monoisotopic (exact) mass is 339 g/mol. The normalized spacial score (nSPS) is 20.3. The van der Waals surface area contributed by atoms with Crippen LogP contribution < -0.4 is 0 Å². The molecule has 0 aliphatic carbocycles. The number of nitrogens with zero attached hydrogens (tertiary/aromatic N) is 1. The van der Waals surface area contributed by atoms with E-state index in [1.54, 1.807) is 0 Å². The molecule has 1 aromatic carbocycles. The lowest BCUT2D eigenvalue weighted by molar-refractivity contribution is -0.161. The van der Waals surface area contributed by atoms with Gasteiger partial charge >= 0.3 is 6.18 Å². The summed E-state index contributed by atoms with van der Waals surface area (Å²) in [5, 5.41) is 0. The number of amides is 1. The van der Waals surface area contributed by atoms with Crippen molar-refractivity contribution in [3.63, 3.8) is 0 Å². The van der Waals surface area contributed by atoms with Gasteiger partial charge in [-0.15, -0.1) is 0 Å². The third-order valence-electron chi connectivity index (χ3n) is 3.87. The molecule has 23 heavy (non-hydrogen) atoms. The van der Waals surface area contributed by atoms with Crippen LogP contribution in [0.4, 0.5) is 26.3 Å². The summed E-state index contributed by atoms with van der Waals surface area (Å²) in [6, 6.07) is 1.31. The Morgan fingerprint density at radius 1 is 1.13 bits per heavy atom. The standard InChI is InChI=1S/C15H15F6NO/c16-10-6-11(14(18)12(17)7-10)9-2-1-5-22(8-15(19,20)21)13(23)4-3-9/h6-7,9H,1-5,8H2/t9-/m0/s1. The lowest BCUT2D eigenvalue weighted by Gasteiger charge is -2.29. The van der Waals surface area contributed by atoms with Gasteiger partial charge in [0.15, 0.2) is 11.6 Å². The van der Waals surface area contributed by atoms with Gasteiger partial charge in [0.25, 0.3) is 0 Å². The molecule has 0 saturated carbocycles. The molecule has 8 heteroatoms. The van der Waals surface area contributed by atoms with Crippen LogP contribution in [0.25, 0.3) is 0 Å². The molecule has 0 radical (unpaired) electrons. The third-order valence-corrected chi connectivity index (χ3v) is 3.87. The van der Waals surface area contributed by atoms with Gasteiger partial charge in [-0.05, 0) is 36.8 Å². The summed E-state index contributed by atoms with van der Waals surface area (Å²) in [6.45, 7) is -1.44. The molecule has 2 rings (SSSR count). The minimum absolute atomic E-state index is 0.0486. The average molecular weight is 339 g/mol. The van der Waals surface area contributed by atoms with Gasteiger partial charge in [0.1, 0.15) is 12.4 Å². The van der Waals surface area contributed by atoms with Crippen molar-refractivity contribution in [1.29, 1.82) is 0 Å². The summed E-state index contributed by atoms with van der Waals surface area (Å²) in [7, 11) is 0. The second kappa shape index (κ2) is 6.80. The van der Waals surface area contributed by atoms with Gasteiger partial charge in [-0.3, -0.25) is 4.79 Å². The average Bonchev–Trinajstić information content (AvgIpc) is 2.42. The first kappa shape index (κ1) is 17.6. The number of benzene rings is 1. The van der Waals surface area contributed by atoms with Crippen molar-refractivity contribution >= 4 is 5.91 Å². The van der Waals surface area contributed by atoms with E-state index in [1.807, 2.05) is 0 Å². The molecule has 1 atom stereocenters. The van der Waals surface area contributed by atoms with Crippen LogP contribution in [0, 0.1) is 17.5 Å². The molecule has 0 aromatic heterocycles. The zero-order chi connectivity index (χ0) is 17.2. The fourth-order valence-electron chi connectivity index (χ4n) is 2.82. The van der Waals surface area contributed by atoms with Crippen LogP contribution in [0.2, 0.25) is 0 Å². The molecule has 1 aromatic rings. The van der Waals surface area contributed by atoms with Crippen LogP contribution in [0.15, 0.2) is 12.1 Å². The molecule has 1 saturated heterocycles. The molecular weight excluding hydrogens is 324 g/mol. The number of hydrogen-bond donors (Lipinski definition) is 0. The molecule has 1 amide bonds. The van der Waals surface area contributed by atoms with Crippen LogP contribution >= 0.6 is 0 Å². The maximum Gasteiger partial charge on any atom is 0.406 e. The molecular formula is C15H15F6NO. The number of halogens is 6. The molecule has 128 valence electrons. The third kappa shape index (κ3) is 4.62. The van der Waals surface area contributed by atoms with Crippen LogP contribution in [0.1, 0.15) is 37.2 Å². The van der Waals surface area contributed by atoms with Crippen molar-refractivity contribution in [2.45, 2.75) is 37.8 Å². The maximum absolute atomic E-state index is 13.8. The van der Waals surface area contributed by atoms with Gasteiger partial charge in [0, 0.05) is 19.0 Å². The van der Waals surface area contributed by atoms with Crippen LogP contribution in [-0.2, 0) is 4.79 Å². The summed E-state index contributed by atoms with van der Waals surface area (Å²) in [6.07, 6.45) is -4.21. The number of likely N-dealkylation sites (tertiary alicyclic amines) is 1. The smallest absolute Gasteiger partial charge is 0.334 e. The van der Waals surface area contributed by atoms with E-state index in [9.17, 15) is 31.1 Å². The Morgan fingerprint density at radius 2 is 1.83 bits per heavy atom. The van der Waals surface area contributed by atoms with E-state index < -0.39 is 42.0 Å². The molecule has 0 unspecified atom stereocenters. The highest BCUT2D eigenvalue weighted by molar-refractivity contribution is 5.76. The Bertz CT molecular complexity index is 586. The minimum Gasteiger partial charge on any atom is -0.334 e. The minimum atomic E-state index is -4.48. The summed E-state index contributed by atoms with van der Waals surface area (Å²) in [5.41, 5.74) is -0.167. The van der Waals surface area contributed by atoms with Gasteiger partial charge in [-0.25, -0.2) is 13.2 Å². The maximum atomic E-state index is 13.8. The lowest BCUT2D eigenvalue weighted by Crippen LogP contribution is -2.40. The Morgan fingerprint density at radius 3 is 2.48 bits per heavy atom. The van der Waals surface area contributed by atoms with Crippen molar-refractivity contribution in [1.82, 2.24) is 4.90 Å². The summed E-state index contributed by atoms with van der Waals surface area (Å²) in [4.78, 5) is 12.5. The number of rotatable bonds is 2. The Kier molecular flexibility index (Phi) is 5.21. The SMILES string of the molecule is O=C1CC[C@@H](c2cc(F)cc(F)c2F)CCCN1CC(F)(F)F. The fourth-order valence-corrected chi connectivity index (χ4v) is 2.82. The molecule has 1 aliphatic heterocycles. The van der Waals surface area contributed by atoms with E-state index in [0.29, 0.717) is 6.07 Å². The van der Waals surface area contributed by atoms with Crippen molar-refractivity contribution in [3.8, 4) is 0 Å². The highest BCUT2D eigenvalue weighted by Gasteiger charge is 2.34. The van der Waals surface area contributed by atoms with E-state index in [0.717, 1.165) is 11.0 Å². The van der Waals surface area contributed by atoms with E-state index in [2.05, 4.69) is 0 Å². The second-order valence-electron chi connectivity index (χ2n) is 5.60. The molecule has 1 fully saturated rings.